The number of hydrogen-bond acceptors (Lipinski definition) is 3. The van der Waals surface area contributed by atoms with Crippen molar-refractivity contribution in [1.82, 2.24) is 15.0 Å². The minimum atomic E-state index is -0.377. The number of aromatic nitrogens is 3. The Hall–Kier alpha value is -2.37. The fourth-order valence-electron chi connectivity index (χ4n) is 2.43. The number of nitrogens with one attached hydrogen (secondary N) is 1. The van der Waals surface area contributed by atoms with Crippen LogP contribution in [0.4, 0.5) is 5.69 Å². The lowest BCUT2D eigenvalue weighted by atomic mass is 10.1. The maximum absolute atomic E-state index is 12.5. The van der Waals surface area contributed by atoms with Crippen molar-refractivity contribution in [2.45, 2.75) is 20.3 Å². The number of hydrogen-bond donors (Lipinski definition) is 1. The molecule has 0 fully saturated rings. The Labute approximate surface area is 155 Å². The molecule has 25 heavy (non-hydrogen) atoms. The lowest BCUT2D eigenvalue weighted by molar-refractivity contribution is 0.102. The first kappa shape index (κ1) is 17.5. The average Bonchev–Trinajstić information content (AvgIpc) is 2.99. The van der Waals surface area contributed by atoms with Gasteiger partial charge >= 0.3 is 0 Å². The van der Waals surface area contributed by atoms with Gasteiger partial charge in [-0.25, -0.2) is 4.68 Å². The first-order valence-corrected chi connectivity index (χ1v) is 8.53. The summed E-state index contributed by atoms with van der Waals surface area (Å²) in [6, 6.07) is 12.8. The summed E-state index contributed by atoms with van der Waals surface area (Å²) in [5, 5.41) is 11.7. The molecule has 3 aromatic rings. The zero-order chi connectivity index (χ0) is 18.0. The lowest BCUT2D eigenvalue weighted by Gasteiger charge is -2.07. The van der Waals surface area contributed by atoms with Gasteiger partial charge in [-0.2, -0.15) is 0 Å². The van der Waals surface area contributed by atoms with Gasteiger partial charge in [0, 0.05) is 5.02 Å². The third-order valence-electron chi connectivity index (χ3n) is 3.88. The molecular formula is C18H16Cl2N4O. The Morgan fingerprint density at radius 2 is 1.88 bits per heavy atom. The number of rotatable bonds is 4. The molecule has 0 aliphatic heterocycles. The van der Waals surface area contributed by atoms with E-state index in [1.165, 1.54) is 5.56 Å². The molecule has 2 aromatic carbocycles. The van der Waals surface area contributed by atoms with Gasteiger partial charge in [0.2, 0.25) is 0 Å². The first-order chi connectivity index (χ1) is 12.0. The highest BCUT2D eigenvalue weighted by molar-refractivity contribution is 6.36. The zero-order valence-electron chi connectivity index (χ0n) is 13.8. The minimum Gasteiger partial charge on any atom is -0.319 e. The van der Waals surface area contributed by atoms with Gasteiger partial charge in [0.1, 0.15) is 0 Å². The number of carbonyl (C=O) groups is 1. The van der Waals surface area contributed by atoms with Crippen LogP contribution in [0.3, 0.4) is 0 Å². The summed E-state index contributed by atoms with van der Waals surface area (Å²) in [7, 11) is 0. The Bertz CT molecular complexity index is 919. The van der Waals surface area contributed by atoms with Crippen molar-refractivity contribution < 1.29 is 4.79 Å². The van der Waals surface area contributed by atoms with Crippen molar-refractivity contribution in [3.63, 3.8) is 0 Å². The molecule has 0 atom stereocenters. The van der Waals surface area contributed by atoms with Gasteiger partial charge in [-0.05, 0) is 49.2 Å². The van der Waals surface area contributed by atoms with Gasteiger partial charge in [-0.15, -0.1) is 5.10 Å². The van der Waals surface area contributed by atoms with Crippen LogP contribution in [-0.2, 0) is 6.42 Å². The molecule has 0 bridgehead atoms. The third kappa shape index (κ3) is 3.67. The van der Waals surface area contributed by atoms with E-state index in [4.69, 9.17) is 23.2 Å². The molecule has 1 N–H and O–H groups in total. The highest BCUT2D eigenvalue weighted by Crippen LogP contribution is 2.26. The molecule has 0 unspecified atom stereocenters. The quantitative estimate of drug-likeness (QED) is 0.719. The molecule has 0 spiro atoms. The standard InChI is InChI=1S/C18H16Cl2N4O/c1-3-12-4-7-14(8-5-12)24-11(2)17(22-23-24)18(25)21-16-9-6-13(19)10-15(16)20/h4-10H,3H2,1-2H3,(H,21,25). The number of aryl methyl sites for hydroxylation is 1. The van der Waals surface area contributed by atoms with Gasteiger partial charge in [0.25, 0.3) is 5.91 Å². The largest absolute Gasteiger partial charge is 0.319 e. The van der Waals surface area contributed by atoms with Crippen molar-refractivity contribution in [3.05, 3.63) is 69.5 Å². The summed E-state index contributed by atoms with van der Waals surface area (Å²) in [6.45, 7) is 3.90. The van der Waals surface area contributed by atoms with Crippen molar-refractivity contribution in [2.24, 2.45) is 0 Å². The van der Waals surface area contributed by atoms with Crippen molar-refractivity contribution >= 4 is 34.8 Å². The van der Waals surface area contributed by atoms with Crippen LogP contribution in [0.1, 0.15) is 28.7 Å². The van der Waals surface area contributed by atoms with E-state index in [2.05, 4.69) is 22.6 Å². The van der Waals surface area contributed by atoms with Crippen LogP contribution in [0, 0.1) is 6.92 Å². The molecule has 1 amide bonds. The summed E-state index contributed by atoms with van der Waals surface area (Å²) in [6.07, 6.45) is 0.964. The summed E-state index contributed by atoms with van der Waals surface area (Å²) >= 11 is 12.0. The van der Waals surface area contributed by atoms with E-state index in [-0.39, 0.29) is 11.6 Å². The lowest BCUT2D eigenvalue weighted by Crippen LogP contribution is -2.14. The summed E-state index contributed by atoms with van der Waals surface area (Å²) < 4.78 is 1.64. The molecule has 5 nitrogen and oxygen atoms in total. The van der Waals surface area contributed by atoms with Crippen LogP contribution in [-0.4, -0.2) is 20.9 Å². The molecule has 128 valence electrons. The van der Waals surface area contributed by atoms with E-state index in [0.717, 1.165) is 12.1 Å². The maximum Gasteiger partial charge on any atom is 0.278 e. The topological polar surface area (TPSA) is 59.8 Å². The first-order valence-electron chi connectivity index (χ1n) is 7.77. The van der Waals surface area contributed by atoms with Crippen LogP contribution in [0.25, 0.3) is 5.69 Å². The molecule has 0 radical (unpaired) electrons. The second-order valence-electron chi connectivity index (χ2n) is 5.53. The molecule has 1 aromatic heterocycles. The second-order valence-corrected chi connectivity index (χ2v) is 6.38. The van der Waals surface area contributed by atoms with E-state index >= 15 is 0 Å². The molecule has 1 heterocycles. The van der Waals surface area contributed by atoms with Gasteiger partial charge in [-0.1, -0.05) is 47.5 Å². The van der Waals surface area contributed by atoms with Gasteiger partial charge in [0.05, 0.1) is 22.1 Å². The van der Waals surface area contributed by atoms with E-state index in [0.29, 0.717) is 21.4 Å². The Morgan fingerprint density at radius 3 is 2.52 bits per heavy atom. The zero-order valence-corrected chi connectivity index (χ0v) is 15.3. The average molecular weight is 375 g/mol. The number of halogens is 2. The van der Waals surface area contributed by atoms with Crippen molar-refractivity contribution in [1.29, 1.82) is 0 Å². The molecule has 0 aliphatic carbocycles. The van der Waals surface area contributed by atoms with E-state index in [1.807, 2.05) is 24.3 Å². The smallest absolute Gasteiger partial charge is 0.278 e. The summed E-state index contributed by atoms with van der Waals surface area (Å²) in [5.74, 6) is -0.377. The summed E-state index contributed by atoms with van der Waals surface area (Å²) in [5.41, 5.74) is 3.44. The Balaban J connectivity index is 1.85. The summed E-state index contributed by atoms with van der Waals surface area (Å²) in [4.78, 5) is 12.5. The van der Waals surface area contributed by atoms with Crippen LogP contribution in [0.2, 0.25) is 10.0 Å². The number of anilines is 1. The van der Waals surface area contributed by atoms with E-state index < -0.39 is 0 Å². The van der Waals surface area contributed by atoms with Gasteiger partial charge < -0.3 is 5.32 Å². The minimum absolute atomic E-state index is 0.241. The SMILES string of the molecule is CCc1ccc(-n2nnc(C(=O)Nc3ccc(Cl)cc3Cl)c2C)cc1. The normalized spacial score (nSPS) is 10.7. The van der Waals surface area contributed by atoms with Gasteiger partial charge in [-0.3, -0.25) is 4.79 Å². The van der Waals surface area contributed by atoms with E-state index in [9.17, 15) is 4.79 Å². The highest BCUT2D eigenvalue weighted by atomic mass is 35.5. The Morgan fingerprint density at radius 1 is 1.16 bits per heavy atom. The van der Waals surface area contributed by atoms with Crippen molar-refractivity contribution in [2.75, 3.05) is 5.32 Å². The highest BCUT2D eigenvalue weighted by Gasteiger charge is 2.18. The Kier molecular flexibility index (Phi) is 5.06. The van der Waals surface area contributed by atoms with Gasteiger partial charge in [0.15, 0.2) is 5.69 Å². The number of amides is 1. The van der Waals surface area contributed by atoms with Crippen LogP contribution in [0.15, 0.2) is 42.5 Å². The van der Waals surface area contributed by atoms with Crippen LogP contribution < -0.4 is 5.32 Å². The number of benzene rings is 2. The van der Waals surface area contributed by atoms with Crippen LogP contribution >= 0.6 is 23.2 Å². The molecule has 0 saturated heterocycles. The molecule has 7 heteroatoms. The maximum atomic E-state index is 12.5. The van der Waals surface area contributed by atoms with Crippen LogP contribution in [0.5, 0.6) is 0 Å². The number of carbonyl (C=O) groups excluding carboxylic acids is 1. The van der Waals surface area contributed by atoms with E-state index in [1.54, 1.807) is 29.8 Å². The number of nitrogens with zero attached hydrogens (tertiary/aromatic N) is 3. The monoisotopic (exact) mass is 374 g/mol. The molecule has 3 rings (SSSR count). The molecule has 0 aliphatic rings. The fraction of sp³-hybridized carbons (Fsp3) is 0.167. The van der Waals surface area contributed by atoms with Crippen molar-refractivity contribution in [3.8, 4) is 5.69 Å². The fourth-order valence-corrected chi connectivity index (χ4v) is 2.89. The third-order valence-corrected chi connectivity index (χ3v) is 4.43. The predicted octanol–water partition coefficient (Wildman–Crippen LogP) is 4.70. The second kappa shape index (κ2) is 7.25. The molecule has 0 saturated carbocycles. The molecular weight excluding hydrogens is 359 g/mol. The predicted molar refractivity (Wildman–Crippen MR) is 99.9 cm³/mol.